The molecule has 5 nitrogen and oxygen atoms in total. The van der Waals surface area contributed by atoms with Gasteiger partial charge in [0.2, 0.25) is 5.75 Å². The van der Waals surface area contributed by atoms with Crippen LogP contribution in [-0.4, -0.2) is 10.7 Å². The van der Waals surface area contributed by atoms with Crippen LogP contribution in [0, 0.1) is 21.7 Å². The average molecular weight is 293 g/mol. The maximum absolute atomic E-state index is 13.1. The monoisotopic (exact) mass is 293 g/mol. The minimum atomic E-state index is -0.868. The highest BCUT2D eigenvalue weighted by atomic mass is 19.1. The zero-order chi connectivity index (χ0) is 15.6. The lowest BCUT2D eigenvalue weighted by molar-refractivity contribution is -0.385. The van der Waals surface area contributed by atoms with Gasteiger partial charge in [-0.3, -0.25) is 14.9 Å². The fourth-order valence-corrected chi connectivity index (χ4v) is 1.68. The van der Waals surface area contributed by atoms with Crippen LogP contribution < -0.4 is 4.74 Å². The highest BCUT2D eigenvalue weighted by Crippen LogP contribution is 2.32. The first-order chi connectivity index (χ1) is 9.86. The van der Waals surface area contributed by atoms with E-state index < -0.39 is 22.2 Å². The third-order valence-electron chi connectivity index (χ3n) is 2.63. The van der Waals surface area contributed by atoms with Gasteiger partial charge >= 0.3 is 5.69 Å². The summed E-state index contributed by atoms with van der Waals surface area (Å²) in [6.45, 7) is 1.27. The average Bonchev–Trinajstić information content (AvgIpc) is 2.37. The van der Waals surface area contributed by atoms with Gasteiger partial charge in [-0.25, -0.2) is 8.78 Å². The first-order valence-corrected chi connectivity index (χ1v) is 5.80. The minimum absolute atomic E-state index is 0.138. The number of nitro groups is 1. The quantitative estimate of drug-likeness (QED) is 0.487. The molecule has 0 fully saturated rings. The predicted octanol–water partition coefficient (Wildman–Crippen LogP) is 3.87. The van der Waals surface area contributed by atoms with Crippen LogP contribution in [0.25, 0.3) is 0 Å². The summed E-state index contributed by atoms with van der Waals surface area (Å²) in [5.41, 5.74) is -0.327. The molecular weight excluding hydrogens is 284 g/mol. The van der Waals surface area contributed by atoms with Gasteiger partial charge in [-0.1, -0.05) is 0 Å². The molecule has 21 heavy (non-hydrogen) atoms. The number of hydrogen-bond acceptors (Lipinski definition) is 4. The maximum Gasteiger partial charge on any atom is 0.312 e. The normalized spacial score (nSPS) is 10.2. The van der Waals surface area contributed by atoms with Crippen LogP contribution in [-0.2, 0) is 0 Å². The number of nitrogens with zero attached hydrogens (tertiary/aromatic N) is 1. The zero-order valence-electron chi connectivity index (χ0n) is 10.8. The molecular formula is C14H9F2NO4. The van der Waals surface area contributed by atoms with Crippen molar-refractivity contribution in [2.24, 2.45) is 0 Å². The molecule has 0 bridgehead atoms. The van der Waals surface area contributed by atoms with E-state index in [-0.39, 0.29) is 22.8 Å². The molecule has 0 heterocycles. The SMILES string of the molecule is CC(=O)c1ccc(Oc2cc(F)cc(F)c2)c([N+](=O)[O-])c1. The van der Waals surface area contributed by atoms with Crippen molar-refractivity contribution in [1.82, 2.24) is 0 Å². The molecule has 0 saturated carbocycles. The van der Waals surface area contributed by atoms with Gasteiger partial charge < -0.3 is 4.74 Å². The summed E-state index contributed by atoms with van der Waals surface area (Å²) >= 11 is 0. The molecule has 0 aromatic heterocycles. The number of ketones is 1. The van der Waals surface area contributed by atoms with Gasteiger partial charge in [0.15, 0.2) is 5.78 Å². The molecule has 0 aliphatic heterocycles. The fraction of sp³-hybridized carbons (Fsp3) is 0.0714. The Morgan fingerprint density at radius 3 is 2.29 bits per heavy atom. The molecule has 0 amide bonds. The van der Waals surface area contributed by atoms with Gasteiger partial charge in [0.1, 0.15) is 17.4 Å². The summed E-state index contributed by atoms with van der Waals surface area (Å²) in [6.07, 6.45) is 0. The number of nitro benzene ring substituents is 1. The Kier molecular flexibility index (Phi) is 3.93. The van der Waals surface area contributed by atoms with E-state index in [2.05, 4.69) is 0 Å². The van der Waals surface area contributed by atoms with Gasteiger partial charge in [0.05, 0.1) is 4.92 Å². The second-order valence-electron chi connectivity index (χ2n) is 4.20. The smallest absolute Gasteiger partial charge is 0.312 e. The second-order valence-corrected chi connectivity index (χ2v) is 4.20. The van der Waals surface area contributed by atoms with Crippen LogP contribution in [0.3, 0.4) is 0 Å². The van der Waals surface area contributed by atoms with Crippen molar-refractivity contribution in [1.29, 1.82) is 0 Å². The Morgan fingerprint density at radius 2 is 1.76 bits per heavy atom. The standard InChI is InChI=1S/C14H9F2NO4/c1-8(18)9-2-3-14(13(4-9)17(19)20)21-12-6-10(15)5-11(16)7-12/h2-7H,1H3. The van der Waals surface area contributed by atoms with Crippen molar-refractivity contribution < 1.29 is 23.2 Å². The van der Waals surface area contributed by atoms with Crippen molar-refractivity contribution in [3.63, 3.8) is 0 Å². The minimum Gasteiger partial charge on any atom is -0.450 e. The van der Waals surface area contributed by atoms with Crippen LogP contribution in [0.15, 0.2) is 36.4 Å². The largest absolute Gasteiger partial charge is 0.450 e. The van der Waals surface area contributed by atoms with E-state index in [9.17, 15) is 23.7 Å². The van der Waals surface area contributed by atoms with Crippen molar-refractivity contribution in [3.05, 3.63) is 63.7 Å². The third-order valence-corrected chi connectivity index (χ3v) is 2.63. The molecule has 0 N–H and O–H groups in total. The van der Waals surface area contributed by atoms with E-state index in [1.807, 2.05) is 0 Å². The summed E-state index contributed by atoms with van der Waals surface area (Å²) in [5.74, 6) is -2.51. The molecule has 2 rings (SSSR count). The second kappa shape index (κ2) is 5.66. The maximum atomic E-state index is 13.1. The Hall–Kier alpha value is -2.83. The Bertz CT molecular complexity index is 711. The number of ether oxygens (including phenoxy) is 1. The van der Waals surface area contributed by atoms with Gasteiger partial charge in [-0.2, -0.15) is 0 Å². The predicted molar refractivity (Wildman–Crippen MR) is 69.5 cm³/mol. The van der Waals surface area contributed by atoms with Gasteiger partial charge in [0, 0.05) is 29.8 Å². The van der Waals surface area contributed by atoms with Crippen LogP contribution >= 0.6 is 0 Å². The van der Waals surface area contributed by atoms with E-state index in [4.69, 9.17) is 4.74 Å². The number of hydrogen-bond donors (Lipinski definition) is 0. The number of Topliss-reactive ketones (excluding diaryl/α,β-unsaturated/α-hetero) is 1. The fourth-order valence-electron chi connectivity index (χ4n) is 1.68. The molecule has 2 aromatic carbocycles. The van der Waals surface area contributed by atoms with Crippen molar-refractivity contribution >= 4 is 11.5 Å². The first kappa shape index (κ1) is 14.6. The molecule has 108 valence electrons. The molecule has 7 heteroatoms. The Balaban J connectivity index is 2.43. The molecule has 0 atom stereocenters. The topological polar surface area (TPSA) is 69.4 Å². The van der Waals surface area contributed by atoms with Gasteiger partial charge in [0.25, 0.3) is 0 Å². The lowest BCUT2D eigenvalue weighted by atomic mass is 10.1. The van der Waals surface area contributed by atoms with Crippen LogP contribution in [0.5, 0.6) is 11.5 Å². The van der Waals surface area contributed by atoms with Gasteiger partial charge in [-0.15, -0.1) is 0 Å². The molecule has 0 unspecified atom stereocenters. The van der Waals surface area contributed by atoms with Crippen LogP contribution in [0.2, 0.25) is 0 Å². The van der Waals surface area contributed by atoms with Crippen LogP contribution in [0.1, 0.15) is 17.3 Å². The Morgan fingerprint density at radius 1 is 1.14 bits per heavy atom. The first-order valence-electron chi connectivity index (χ1n) is 5.80. The number of rotatable bonds is 4. The lowest BCUT2D eigenvalue weighted by Gasteiger charge is -2.07. The molecule has 0 saturated heterocycles. The summed E-state index contributed by atoms with van der Waals surface area (Å²) < 4.78 is 31.3. The molecule has 0 spiro atoms. The van der Waals surface area contributed by atoms with E-state index in [0.717, 1.165) is 18.2 Å². The summed E-state index contributed by atoms with van der Waals surface area (Å²) in [4.78, 5) is 21.5. The number of benzene rings is 2. The lowest BCUT2D eigenvalue weighted by Crippen LogP contribution is -1.98. The third kappa shape index (κ3) is 3.38. The van der Waals surface area contributed by atoms with E-state index in [0.29, 0.717) is 6.07 Å². The highest BCUT2D eigenvalue weighted by Gasteiger charge is 2.18. The van der Waals surface area contributed by atoms with Crippen molar-refractivity contribution in [2.45, 2.75) is 6.92 Å². The number of carbonyl (C=O) groups is 1. The van der Waals surface area contributed by atoms with E-state index in [1.54, 1.807) is 0 Å². The van der Waals surface area contributed by atoms with E-state index in [1.165, 1.54) is 19.1 Å². The zero-order valence-corrected chi connectivity index (χ0v) is 10.8. The molecule has 0 radical (unpaired) electrons. The number of halogens is 2. The van der Waals surface area contributed by atoms with E-state index >= 15 is 0 Å². The highest BCUT2D eigenvalue weighted by molar-refractivity contribution is 5.95. The summed E-state index contributed by atoms with van der Waals surface area (Å²) in [7, 11) is 0. The molecule has 0 aliphatic rings. The Labute approximate surface area is 117 Å². The summed E-state index contributed by atoms with van der Waals surface area (Å²) in [6, 6.07) is 6.03. The van der Waals surface area contributed by atoms with Crippen molar-refractivity contribution in [3.8, 4) is 11.5 Å². The van der Waals surface area contributed by atoms with Crippen molar-refractivity contribution in [2.75, 3.05) is 0 Å². The number of carbonyl (C=O) groups excluding carboxylic acids is 1. The molecule has 2 aromatic rings. The molecule has 0 aliphatic carbocycles. The van der Waals surface area contributed by atoms with Crippen LogP contribution in [0.4, 0.5) is 14.5 Å². The summed E-state index contributed by atoms with van der Waals surface area (Å²) in [5, 5.41) is 11.0. The van der Waals surface area contributed by atoms with Gasteiger partial charge in [-0.05, 0) is 19.1 Å².